The number of amidine groups is 1. The summed E-state index contributed by atoms with van der Waals surface area (Å²) in [6.45, 7) is 3.11. The van der Waals surface area contributed by atoms with Crippen LogP contribution in [0.3, 0.4) is 0 Å². The van der Waals surface area contributed by atoms with E-state index >= 15 is 0 Å². The lowest BCUT2D eigenvalue weighted by atomic mass is 10.1. The molecule has 2 aromatic carbocycles. The molecule has 0 radical (unpaired) electrons. The summed E-state index contributed by atoms with van der Waals surface area (Å²) >= 11 is 1.80. The van der Waals surface area contributed by atoms with Gasteiger partial charge < -0.3 is 5.32 Å². The molecule has 2 nitrogen and oxygen atoms in total. The molecule has 1 unspecified atom stereocenters. The van der Waals surface area contributed by atoms with Crippen molar-refractivity contribution in [1.82, 2.24) is 0 Å². The van der Waals surface area contributed by atoms with Gasteiger partial charge in [-0.25, -0.2) is 0 Å². The molecule has 19 heavy (non-hydrogen) atoms. The first kappa shape index (κ1) is 12.3. The molecule has 3 heteroatoms. The number of nitrogens with zero attached hydrogens (tertiary/aromatic N) is 1. The van der Waals surface area contributed by atoms with Gasteiger partial charge in [-0.3, -0.25) is 4.99 Å². The van der Waals surface area contributed by atoms with Crippen LogP contribution in [0, 0.1) is 0 Å². The van der Waals surface area contributed by atoms with E-state index in [1.807, 2.05) is 6.07 Å². The molecule has 0 spiro atoms. The fraction of sp³-hybridized carbons (Fsp3) is 0.188. The second-order valence-electron chi connectivity index (χ2n) is 4.64. The maximum absolute atomic E-state index is 4.46. The number of hydrogen-bond donors (Lipinski definition) is 1. The molecule has 1 atom stereocenters. The first-order valence-corrected chi connectivity index (χ1v) is 7.33. The van der Waals surface area contributed by atoms with Crippen molar-refractivity contribution in [2.45, 2.75) is 12.2 Å². The molecule has 3 rings (SSSR count). The van der Waals surface area contributed by atoms with E-state index in [0.717, 1.165) is 17.4 Å². The molecule has 0 saturated heterocycles. The molecule has 0 aliphatic carbocycles. The van der Waals surface area contributed by atoms with E-state index in [4.69, 9.17) is 0 Å². The number of rotatable bonds is 2. The third-order valence-corrected chi connectivity index (χ3v) is 4.05. The molecule has 1 N–H and O–H groups in total. The highest BCUT2D eigenvalue weighted by atomic mass is 32.2. The average Bonchev–Trinajstić information content (AvgIpc) is 2.86. The quantitative estimate of drug-likeness (QED) is 0.880. The monoisotopic (exact) mass is 268 g/mol. The predicted octanol–water partition coefficient (Wildman–Crippen LogP) is 4.26. The molecule has 0 saturated carbocycles. The minimum Gasteiger partial charge on any atom is -0.335 e. The Balaban J connectivity index is 1.73. The van der Waals surface area contributed by atoms with Crippen molar-refractivity contribution in [2.24, 2.45) is 4.99 Å². The van der Waals surface area contributed by atoms with Crippen LogP contribution in [0.15, 0.2) is 59.6 Å². The van der Waals surface area contributed by atoms with Gasteiger partial charge in [0.1, 0.15) is 0 Å². The zero-order chi connectivity index (χ0) is 13.1. The standard InChI is InChI=1S/C16H16N2S/c1-12-11-17-16(19-12)18-15-9-7-14(8-10-15)13-5-3-2-4-6-13/h2-10,12H,11H2,1H3,(H,17,18). The molecular formula is C16H16N2S. The highest BCUT2D eigenvalue weighted by molar-refractivity contribution is 8.15. The molecule has 2 aromatic rings. The fourth-order valence-electron chi connectivity index (χ4n) is 2.05. The molecule has 0 fully saturated rings. The van der Waals surface area contributed by atoms with Crippen LogP contribution in [-0.2, 0) is 0 Å². The zero-order valence-corrected chi connectivity index (χ0v) is 11.7. The maximum atomic E-state index is 4.46. The molecule has 1 aliphatic heterocycles. The molecule has 96 valence electrons. The van der Waals surface area contributed by atoms with E-state index in [0.29, 0.717) is 5.25 Å². The fourth-order valence-corrected chi connectivity index (χ4v) is 2.90. The Morgan fingerprint density at radius 3 is 2.32 bits per heavy atom. The normalized spacial score (nSPS) is 18.2. The van der Waals surface area contributed by atoms with Crippen LogP contribution in [0.2, 0.25) is 0 Å². The van der Waals surface area contributed by atoms with Crippen molar-refractivity contribution in [1.29, 1.82) is 0 Å². The number of hydrogen-bond acceptors (Lipinski definition) is 3. The second-order valence-corrected chi connectivity index (χ2v) is 6.07. The van der Waals surface area contributed by atoms with Crippen LogP contribution in [0.1, 0.15) is 6.92 Å². The topological polar surface area (TPSA) is 24.4 Å². The van der Waals surface area contributed by atoms with Gasteiger partial charge in [-0.15, -0.1) is 0 Å². The molecule has 1 heterocycles. The van der Waals surface area contributed by atoms with E-state index in [1.54, 1.807) is 11.8 Å². The van der Waals surface area contributed by atoms with Gasteiger partial charge in [0, 0.05) is 10.9 Å². The highest BCUT2D eigenvalue weighted by Gasteiger charge is 2.14. The number of anilines is 1. The molecule has 0 bridgehead atoms. The lowest BCUT2D eigenvalue weighted by molar-refractivity contribution is 0.976. The molecule has 0 aromatic heterocycles. The Morgan fingerprint density at radius 2 is 1.68 bits per heavy atom. The Labute approximate surface area is 118 Å². The summed E-state index contributed by atoms with van der Waals surface area (Å²) in [5, 5.41) is 4.98. The van der Waals surface area contributed by atoms with E-state index in [2.05, 4.69) is 65.8 Å². The van der Waals surface area contributed by atoms with Gasteiger partial charge in [0.15, 0.2) is 5.17 Å². The van der Waals surface area contributed by atoms with Gasteiger partial charge in [0.05, 0.1) is 6.54 Å². The summed E-state index contributed by atoms with van der Waals surface area (Å²) in [7, 11) is 0. The lowest BCUT2D eigenvalue weighted by Crippen LogP contribution is -2.05. The van der Waals surface area contributed by atoms with Crippen molar-refractivity contribution in [2.75, 3.05) is 11.9 Å². The Kier molecular flexibility index (Phi) is 3.56. The van der Waals surface area contributed by atoms with Crippen LogP contribution in [0.5, 0.6) is 0 Å². The molecule has 1 aliphatic rings. The highest BCUT2D eigenvalue weighted by Crippen LogP contribution is 2.24. The third-order valence-electron chi connectivity index (χ3n) is 3.05. The van der Waals surface area contributed by atoms with Gasteiger partial charge >= 0.3 is 0 Å². The molecule has 0 amide bonds. The van der Waals surface area contributed by atoms with E-state index in [9.17, 15) is 0 Å². The van der Waals surface area contributed by atoms with Crippen LogP contribution in [0.4, 0.5) is 5.69 Å². The van der Waals surface area contributed by atoms with Crippen LogP contribution in [0.25, 0.3) is 11.1 Å². The van der Waals surface area contributed by atoms with Gasteiger partial charge in [-0.1, -0.05) is 61.2 Å². The van der Waals surface area contributed by atoms with Crippen molar-refractivity contribution >= 4 is 22.6 Å². The minimum absolute atomic E-state index is 0.589. The summed E-state index contributed by atoms with van der Waals surface area (Å²) in [6, 6.07) is 18.9. The summed E-state index contributed by atoms with van der Waals surface area (Å²) in [4.78, 5) is 4.46. The number of thioether (sulfide) groups is 1. The first-order chi connectivity index (χ1) is 9.31. The lowest BCUT2D eigenvalue weighted by Gasteiger charge is -2.07. The van der Waals surface area contributed by atoms with Gasteiger partial charge in [-0.05, 0) is 23.3 Å². The summed E-state index contributed by atoms with van der Waals surface area (Å²) in [5.41, 5.74) is 3.58. The predicted molar refractivity (Wildman–Crippen MR) is 84.9 cm³/mol. The maximum Gasteiger partial charge on any atom is 0.161 e. The summed E-state index contributed by atoms with van der Waals surface area (Å²) in [5.74, 6) is 0. The zero-order valence-electron chi connectivity index (χ0n) is 10.8. The van der Waals surface area contributed by atoms with Crippen molar-refractivity contribution in [3.05, 3.63) is 54.6 Å². The minimum atomic E-state index is 0.589. The van der Waals surface area contributed by atoms with Crippen molar-refractivity contribution in [3.63, 3.8) is 0 Å². The number of nitrogens with one attached hydrogen (secondary N) is 1. The molecular weight excluding hydrogens is 252 g/mol. The van der Waals surface area contributed by atoms with E-state index in [1.165, 1.54) is 11.1 Å². The van der Waals surface area contributed by atoms with Crippen molar-refractivity contribution in [3.8, 4) is 11.1 Å². The third kappa shape index (κ3) is 2.99. The number of aliphatic imine (C=N–C) groups is 1. The van der Waals surface area contributed by atoms with Crippen LogP contribution >= 0.6 is 11.8 Å². The van der Waals surface area contributed by atoms with E-state index in [-0.39, 0.29) is 0 Å². The Bertz CT molecular complexity index is 575. The van der Waals surface area contributed by atoms with Gasteiger partial charge in [0.2, 0.25) is 0 Å². The average molecular weight is 268 g/mol. The Hall–Kier alpha value is -1.74. The van der Waals surface area contributed by atoms with Gasteiger partial charge in [0.25, 0.3) is 0 Å². The number of benzene rings is 2. The first-order valence-electron chi connectivity index (χ1n) is 6.45. The van der Waals surface area contributed by atoms with E-state index < -0.39 is 0 Å². The van der Waals surface area contributed by atoms with Crippen LogP contribution < -0.4 is 5.32 Å². The Morgan fingerprint density at radius 1 is 1.00 bits per heavy atom. The van der Waals surface area contributed by atoms with Crippen molar-refractivity contribution < 1.29 is 0 Å². The second kappa shape index (κ2) is 5.49. The smallest absolute Gasteiger partial charge is 0.161 e. The SMILES string of the molecule is CC1CN=C(Nc2ccc(-c3ccccc3)cc2)S1. The van der Waals surface area contributed by atoms with Crippen LogP contribution in [-0.4, -0.2) is 17.0 Å². The van der Waals surface area contributed by atoms with Gasteiger partial charge in [-0.2, -0.15) is 0 Å². The summed E-state index contributed by atoms with van der Waals surface area (Å²) < 4.78 is 0. The summed E-state index contributed by atoms with van der Waals surface area (Å²) in [6.07, 6.45) is 0. The largest absolute Gasteiger partial charge is 0.335 e.